The van der Waals surface area contributed by atoms with Gasteiger partial charge in [0.2, 0.25) is 0 Å². The average Bonchev–Trinajstić information content (AvgIpc) is 2.67. The summed E-state index contributed by atoms with van der Waals surface area (Å²) in [6, 6.07) is 13.4. The number of halogens is 1. The fraction of sp³-hybridized carbons (Fsp3) is 0.238. The maximum Gasteiger partial charge on any atom is 0.338 e. The quantitative estimate of drug-likeness (QED) is 0.742. The average molecular weight is 350 g/mol. The second-order valence-corrected chi connectivity index (χ2v) is 6.56. The first-order valence-electron chi connectivity index (χ1n) is 8.82. The van der Waals surface area contributed by atoms with Crippen LogP contribution < -0.4 is 4.90 Å². The van der Waals surface area contributed by atoms with Crippen molar-refractivity contribution in [2.24, 2.45) is 0 Å². The molecule has 2 heterocycles. The Labute approximate surface area is 150 Å². The summed E-state index contributed by atoms with van der Waals surface area (Å²) >= 11 is 0. The van der Waals surface area contributed by atoms with Gasteiger partial charge in [-0.15, -0.1) is 0 Å². The number of carboxylic acid groups (broad SMARTS) is 1. The zero-order chi connectivity index (χ0) is 18.1. The number of carbonyl (C=O) groups is 1. The molecule has 4 nitrogen and oxygen atoms in total. The Morgan fingerprint density at radius 2 is 1.69 bits per heavy atom. The van der Waals surface area contributed by atoms with Crippen molar-refractivity contribution in [1.29, 1.82) is 0 Å². The lowest BCUT2D eigenvalue weighted by Crippen LogP contribution is -2.31. The molecule has 0 unspecified atom stereocenters. The Bertz CT molecular complexity index is 964. The lowest BCUT2D eigenvalue weighted by atomic mass is 9.98. The van der Waals surface area contributed by atoms with Gasteiger partial charge >= 0.3 is 5.97 Å². The van der Waals surface area contributed by atoms with Gasteiger partial charge in [0.1, 0.15) is 5.82 Å². The van der Waals surface area contributed by atoms with Crippen molar-refractivity contribution in [2.45, 2.75) is 19.3 Å². The molecule has 4 rings (SSSR count). The van der Waals surface area contributed by atoms with Crippen LogP contribution >= 0.6 is 0 Å². The maximum absolute atomic E-state index is 13.4. The van der Waals surface area contributed by atoms with E-state index < -0.39 is 5.97 Å². The van der Waals surface area contributed by atoms with Crippen LogP contribution in [0.15, 0.2) is 48.5 Å². The molecule has 3 aromatic rings. The molecule has 1 aliphatic heterocycles. The number of fused-ring (bicyclic) bond motifs is 1. The predicted octanol–water partition coefficient (Wildman–Crippen LogP) is 4.73. The van der Waals surface area contributed by atoms with Gasteiger partial charge in [-0.1, -0.05) is 18.2 Å². The Morgan fingerprint density at radius 1 is 1.00 bits per heavy atom. The zero-order valence-corrected chi connectivity index (χ0v) is 14.3. The molecule has 2 aromatic carbocycles. The molecule has 1 aliphatic rings. The van der Waals surface area contributed by atoms with E-state index in [9.17, 15) is 14.3 Å². The topological polar surface area (TPSA) is 53.4 Å². The number of benzene rings is 2. The maximum atomic E-state index is 13.4. The standard InChI is InChI=1S/C21H19FN2O2/c22-15-10-8-14(9-11-15)19-20(24-12-4-1-5-13-24)18(21(25)26)16-6-2-3-7-17(16)23-19/h2-3,6-11H,1,4-5,12-13H2,(H,25,26). The highest BCUT2D eigenvalue weighted by Gasteiger charge is 2.26. The third-order valence-corrected chi connectivity index (χ3v) is 4.87. The van der Waals surface area contributed by atoms with Gasteiger partial charge < -0.3 is 10.0 Å². The molecule has 0 radical (unpaired) electrons. The van der Waals surface area contributed by atoms with Crippen molar-refractivity contribution in [3.05, 3.63) is 59.9 Å². The predicted molar refractivity (Wildman–Crippen MR) is 100 cm³/mol. The van der Waals surface area contributed by atoms with Gasteiger partial charge in [-0.3, -0.25) is 0 Å². The number of piperidine rings is 1. The summed E-state index contributed by atoms with van der Waals surface area (Å²) in [7, 11) is 0. The molecule has 1 aromatic heterocycles. The van der Waals surface area contributed by atoms with Crippen LogP contribution in [0.25, 0.3) is 22.2 Å². The highest BCUT2D eigenvalue weighted by molar-refractivity contribution is 6.10. The van der Waals surface area contributed by atoms with Crippen molar-refractivity contribution in [3.8, 4) is 11.3 Å². The number of pyridine rings is 1. The number of aromatic carboxylic acids is 1. The molecule has 0 atom stereocenters. The van der Waals surface area contributed by atoms with E-state index in [0.717, 1.165) is 37.9 Å². The number of anilines is 1. The van der Waals surface area contributed by atoms with Crippen LogP contribution in [0, 0.1) is 5.82 Å². The van der Waals surface area contributed by atoms with Crippen molar-refractivity contribution in [1.82, 2.24) is 4.98 Å². The minimum absolute atomic E-state index is 0.275. The lowest BCUT2D eigenvalue weighted by molar-refractivity contribution is 0.0699. The van der Waals surface area contributed by atoms with Crippen LogP contribution in [-0.2, 0) is 0 Å². The Kier molecular flexibility index (Phi) is 4.29. The number of aromatic nitrogens is 1. The van der Waals surface area contributed by atoms with E-state index in [1.807, 2.05) is 18.2 Å². The third-order valence-electron chi connectivity index (χ3n) is 4.87. The lowest BCUT2D eigenvalue weighted by Gasteiger charge is -2.32. The number of hydrogen-bond donors (Lipinski definition) is 1. The van der Waals surface area contributed by atoms with Gasteiger partial charge in [0, 0.05) is 24.0 Å². The summed E-state index contributed by atoms with van der Waals surface area (Å²) in [6.07, 6.45) is 3.19. The first-order valence-corrected chi connectivity index (χ1v) is 8.82. The first-order chi connectivity index (χ1) is 12.6. The van der Waals surface area contributed by atoms with Crippen molar-refractivity contribution in [2.75, 3.05) is 18.0 Å². The molecule has 0 saturated carbocycles. The largest absolute Gasteiger partial charge is 0.478 e. The SMILES string of the molecule is O=C(O)c1c(N2CCCCC2)c(-c2ccc(F)cc2)nc2ccccc12. The monoisotopic (exact) mass is 350 g/mol. The van der Waals surface area contributed by atoms with Crippen LogP contribution in [0.3, 0.4) is 0 Å². The summed E-state index contributed by atoms with van der Waals surface area (Å²) < 4.78 is 13.4. The van der Waals surface area contributed by atoms with Crippen molar-refractivity contribution >= 4 is 22.6 Å². The van der Waals surface area contributed by atoms with E-state index in [2.05, 4.69) is 4.90 Å². The van der Waals surface area contributed by atoms with E-state index >= 15 is 0 Å². The molecule has 26 heavy (non-hydrogen) atoms. The van der Waals surface area contributed by atoms with Gasteiger partial charge in [0.05, 0.1) is 22.5 Å². The minimum atomic E-state index is -0.965. The number of nitrogens with zero attached hydrogens (tertiary/aromatic N) is 2. The molecular formula is C21H19FN2O2. The molecule has 1 saturated heterocycles. The van der Waals surface area contributed by atoms with Crippen LogP contribution in [0.4, 0.5) is 10.1 Å². The van der Waals surface area contributed by atoms with Crippen LogP contribution in [0.2, 0.25) is 0 Å². The highest BCUT2D eigenvalue weighted by atomic mass is 19.1. The smallest absolute Gasteiger partial charge is 0.338 e. The van der Waals surface area contributed by atoms with Crippen molar-refractivity contribution in [3.63, 3.8) is 0 Å². The van der Waals surface area contributed by atoms with Gasteiger partial charge in [-0.2, -0.15) is 0 Å². The van der Waals surface area contributed by atoms with Crippen LogP contribution in [-0.4, -0.2) is 29.1 Å². The fourth-order valence-corrected chi connectivity index (χ4v) is 3.65. The third kappa shape index (κ3) is 2.90. The second-order valence-electron chi connectivity index (χ2n) is 6.56. The number of hydrogen-bond acceptors (Lipinski definition) is 3. The van der Waals surface area contributed by atoms with E-state index in [1.54, 1.807) is 18.2 Å². The summed E-state index contributed by atoms with van der Waals surface area (Å²) in [5, 5.41) is 10.6. The van der Waals surface area contributed by atoms with E-state index in [0.29, 0.717) is 22.3 Å². The molecule has 0 amide bonds. The molecular weight excluding hydrogens is 331 g/mol. The summed E-state index contributed by atoms with van der Waals surface area (Å²) in [5.41, 5.74) is 2.87. The van der Waals surface area contributed by atoms with Crippen LogP contribution in [0.1, 0.15) is 29.6 Å². The Morgan fingerprint density at radius 3 is 2.38 bits per heavy atom. The van der Waals surface area contributed by atoms with E-state index in [-0.39, 0.29) is 11.4 Å². The normalized spacial score (nSPS) is 14.6. The molecule has 0 spiro atoms. The molecule has 5 heteroatoms. The Hall–Kier alpha value is -2.95. The molecule has 132 valence electrons. The fourth-order valence-electron chi connectivity index (χ4n) is 3.65. The summed E-state index contributed by atoms with van der Waals surface area (Å²) in [4.78, 5) is 19.1. The highest BCUT2D eigenvalue weighted by Crippen LogP contribution is 2.38. The number of para-hydroxylation sites is 1. The van der Waals surface area contributed by atoms with E-state index in [1.165, 1.54) is 12.1 Å². The second kappa shape index (κ2) is 6.75. The van der Waals surface area contributed by atoms with Gasteiger partial charge in [-0.25, -0.2) is 14.2 Å². The van der Waals surface area contributed by atoms with Crippen molar-refractivity contribution < 1.29 is 14.3 Å². The molecule has 1 N–H and O–H groups in total. The molecule has 0 aliphatic carbocycles. The number of carboxylic acids is 1. The van der Waals surface area contributed by atoms with Gasteiger partial charge in [0.15, 0.2) is 0 Å². The first kappa shape index (κ1) is 16.5. The van der Waals surface area contributed by atoms with E-state index in [4.69, 9.17) is 4.98 Å². The summed E-state index contributed by atoms with van der Waals surface area (Å²) in [6.45, 7) is 1.60. The summed E-state index contributed by atoms with van der Waals surface area (Å²) in [5.74, 6) is -1.29. The molecule has 0 bridgehead atoms. The molecule has 1 fully saturated rings. The number of rotatable bonds is 3. The van der Waals surface area contributed by atoms with Crippen LogP contribution in [0.5, 0.6) is 0 Å². The Balaban J connectivity index is 2.04. The van der Waals surface area contributed by atoms with Gasteiger partial charge in [-0.05, 0) is 49.6 Å². The van der Waals surface area contributed by atoms with Gasteiger partial charge in [0.25, 0.3) is 0 Å². The minimum Gasteiger partial charge on any atom is -0.478 e. The zero-order valence-electron chi connectivity index (χ0n) is 14.3.